The third-order valence-electron chi connectivity index (χ3n) is 1.73. The third kappa shape index (κ3) is 1.56. The normalized spacial score (nSPS) is 14.5. The van der Waals surface area contributed by atoms with Gasteiger partial charge in [-0.25, -0.2) is 0 Å². The van der Waals surface area contributed by atoms with Crippen LogP contribution in [0.5, 0.6) is 5.75 Å². The molecule has 1 nitrogen and oxygen atoms in total. The van der Waals surface area contributed by atoms with Crippen LogP contribution in [0.1, 0.15) is 6.42 Å². The Morgan fingerprint density at radius 1 is 1.08 bits per heavy atom. The molecule has 0 atom stereocenters. The molecule has 0 radical (unpaired) electrons. The molecular formula is C11H10O. The molecule has 0 unspecified atom stereocenters. The Hall–Kier alpha value is -1.50. The van der Waals surface area contributed by atoms with Gasteiger partial charge in [-0.3, -0.25) is 0 Å². The molecular weight excluding hydrogens is 148 g/mol. The van der Waals surface area contributed by atoms with Gasteiger partial charge in [0.2, 0.25) is 0 Å². The Balaban J connectivity index is 2.05. The van der Waals surface area contributed by atoms with Crippen LogP contribution in [0.2, 0.25) is 0 Å². The summed E-state index contributed by atoms with van der Waals surface area (Å²) in [6.45, 7) is 0. The van der Waals surface area contributed by atoms with Gasteiger partial charge in [-0.05, 0) is 18.2 Å². The van der Waals surface area contributed by atoms with Gasteiger partial charge >= 0.3 is 0 Å². The summed E-state index contributed by atoms with van der Waals surface area (Å²) < 4.78 is 5.57. The minimum Gasteiger partial charge on any atom is -0.461 e. The number of para-hydroxylation sites is 1. The van der Waals surface area contributed by atoms with E-state index < -0.39 is 0 Å². The Morgan fingerprint density at radius 3 is 2.58 bits per heavy atom. The molecule has 1 aromatic rings. The molecule has 60 valence electrons. The highest BCUT2D eigenvalue weighted by molar-refractivity contribution is 5.27. The molecule has 0 fully saturated rings. The number of benzene rings is 1. The fourth-order valence-electron chi connectivity index (χ4n) is 1.14. The maximum Gasteiger partial charge on any atom is 0.126 e. The van der Waals surface area contributed by atoms with Crippen LogP contribution < -0.4 is 4.74 Å². The lowest BCUT2D eigenvalue weighted by Gasteiger charge is -2.04. The third-order valence-corrected chi connectivity index (χ3v) is 1.73. The van der Waals surface area contributed by atoms with Crippen molar-refractivity contribution < 1.29 is 4.74 Å². The topological polar surface area (TPSA) is 9.23 Å². The van der Waals surface area contributed by atoms with Crippen LogP contribution in [0.15, 0.2) is 54.3 Å². The average molecular weight is 158 g/mol. The SMILES string of the molecule is C1=CCC(Oc2ccccc2)=C1. The van der Waals surface area contributed by atoms with Gasteiger partial charge < -0.3 is 4.74 Å². The van der Waals surface area contributed by atoms with Crippen molar-refractivity contribution >= 4 is 0 Å². The van der Waals surface area contributed by atoms with Crippen molar-refractivity contribution in [2.45, 2.75) is 6.42 Å². The number of hydrogen-bond acceptors (Lipinski definition) is 1. The van der Waals surface area contributed by atoms with Gasteiger partial charge in [0.05, 0.1) is 0 Å². The first-order valence-electron chi connectivity index (χ1n) is 4.04. The molecule has 0 saturated heterocycles. The van der Waals surface area contributed by atoms with Crippen LogP contribution in [0, 0.1) is 0 Å². The van der Waals surface area contributed by atoms with Gasteiger partial charge in [-0.1, -0.05) is 30.4 Å². The van der Waals surface area contributed by atoms with Gasteiger partial charge in [-0.15, -0.1) is 0 Å². The van der Waals surface area contributed by atoms with E-state index in [1.807, 2.05) is 42.5 Å². The van der Waals surface area contributed by atoms with Crippen LogP contribution >= 0.6 is 0 Å². The van der Waals surface area contributed by atoms with Crippen molar-refractivity contribution in [1.29, 1.82) is 0 Å². The number of ether oxygens (including phenoxy) is 1. The largest absolute Gasteiger partial charge is 0.461 e. The van der Waals surface area contributed by atoms with Crippen LogP contribution in [-0.4, -0.2) is 0 Å². The Morgan fingerprint density at radius 2 is 1.92 bits per heavy atom. The molecule has 12 heavy (non-hydrogen) atoms. The van der Waals surface area contributed by atoms with Crippen molar-refractivity contribution in [2.24, 2.45) is 0 Å². The van der Waals surface area contributed by atoms with Crippen LogP contribution in [-0.2, 0) is 0 Å². The molecule has 0 aliphatic heterocycles. The minimum absolute atomic E-state index is 0.910. The van der Waals surface area contributed by atoms with Gasteiger partial charge in [0, 0.05) is 6.42 Å². The summed E-state index contributed by atoms with van der Waals surface area (Å²) in [6.07, 6.45) is 7.00. The Labute approximate surface area is 72.0 Å². The summed E-state index contributed by atoms with van der Waals surface area (Å²) in [6, 6.07) is 9.84. The van der Waals surface area contributed by atoms with Gasteiger partial charge in [-0.2, -0.15) is 0 Å². The second kappa shape index (κ2) is 3.26. The quantitative estimate of drug-likeness (QED) is 0.643. The molecule has 0 saturated carbocycles. The lowest BCUT2D eigenvalue weighted by Crippen LogP contribution is -1.90. The van der Waals surface area contributed by atoms with Crippen molar-refractivity contribution in [2.75, 3.05) is 0 Å². The molecule has 0 spiro atoms. The van der Waals surface area contributed by atoms with Crippen LogP contribution in [0.4, 0.5) is 0 Å². The molecule has 1 aliphatic rings. The highest BCUT2D eigenvalue weighted by Gasteiger charge is 2.00. The maximum absolute atomic E-state index is 5.57. The number of hydrogen-bond donors (Lipinski definition) is 0. The van der Waals surface area contributed by atoms with Crippen molar-refractivity contribution in [3.05, 3.63) is 54.3 Å². The second-order valence-corrected chi connectivity index (χ2v) is 2.68. The van der Waals surface area contributed by atoms with Gasteiger partial charge in [0.1, 0.15) is 11.5 Å². The monoisotopic (exact) mass is 158 g/mol. The molecule has 0 bridgehead atoms. The lowest BCUT2D eigenvalue weighted by molar-refractivity contribution is 0.419. The molecule has 1 aromatic carbocycles. The summed E-state index contributed by atoms with van der Waals surface area (Å²) >= 11 is 0. The van der Waals surface area contributed by atoms with Gasteiger partial charge in [0.25, 0.3) is 0 Å². The second-order valence-electron chi connectivity index (χ2n) is 2.68. The minimum atomic E-state index is 0.910. The van der Waals surface area contributed by atoms with E-state index in [1.165, 1.54) is 0 Å². The lowest BCUT2D eigenvalue weighted by atomic mass is 10.3. The average Bonchev–Trinajstić information content (AvgIpc) is 2.59. The van der Waals surface area contributed by atoms with E-state index in [4.69, 9.17) is 4.74 Å². The van der Waals surface area contributed by atoms with Crippen molar-refractivity contribution in [1.82, 2.24) is 0 Å². The van der Waals surface area contributed by atoms with E-state index in [1.54, 1.807) is 0 Å². The fourth-order valence-corrected chi connectivity index (χ4v) is 1.14. The van der Waals surface area contributed by atoms with Crippen molar-refractivity contribution in [3.63, 3.8) is 0 Å². The zero-order chi connectivity index (χ0) is 8.23. The highest BCUT2D eigenvalue weighted by Crippen LogP contribution is 2.17. The van der Waals surface area contributed by atoms with E-state index in [-0.39, 0.29) is 0 Å². The smallest absolute Gasteiger partial charge is 0.126 e. The Bertz CT molecular complexity index is 309. The summed E-state index contributed by atoms with van der Waals surface area (Å²) in [4.78, 5) is 0. The van der Waals surface area contributed by atoms with E-state index in [2.05, 4.69) is 6.08 Å². The first-order valence-corrected chi connectivity index (χ1v) is 4.04. The van der Waals surface area contributed by atoms with E-state index >= 15 is 0 Å². The molecule has 0 heterocycles. The molecule has 0 amide bonds. The Kier molecular flexibility index (Phi) is 1.95. The molecule has 1 heteroatoms. The van der Waals surface area contributed by atoms with Crippen LogP contribution in [0.3, 0.4) is 0 Å². The summed E-state index contributed by atoms with van der Waals surface area (Å²) in [5.74, 6) is 1.92. The fraction of sp³-hybridized carbons (Fsp3) is 0.0909. The number of allylic oxidation sites excluding steroid dienone is 3. The van der Waals surface area contributed by atoms with Crippen molar-refractivity contribution in [3.8, 4) is 5.75 Å². The predicted molar refractivity (Wildman–Crippen MR) is 48.9 cm³/mol. The van der Waals surface area contributed by atoms with Gasteiger partial charge in [0.15, 0.2) is 0 Å². The number of rotatable bonds is 2. The van der Waals surface area contributed by atoms with E-state index in [9.17, 15) is 0 Å². The summed E-state index contributed by atoms with van der Waals surface area (Å²) in [5, 5.41) is 0. The maximum atomic E-state index is 5.57. The zero-order valence-electron chi connectivity index (χ0n) is 6.73. The summed E-state index contributed by atoms with van der Waals surface area (Å²) in [7, 11) is 0. The zero-order valence-corrected chi connectivity index (χ0v) is 6.73. The molecule has 0 aromatic heterocycles. The van der Waals surface area contributed by atoms with E-state index in [0.29, 0.717) is 0 Å². The molecule has 0 N–H and O–H groups in total. The predicted octanol–water partition coefficient (Wildman–Crippen LogP) is 2.91. The van der Waals surface area contributed by atoms with Crippen LogP contribution in [0.25, 0.3) is 0 Å². The van der Waals surface area contributed by atoms with E-state index in [0.717, 1.165) is 17.9 Å². The highest BCUT2D eigenvalue weighted by atomic mass is 16.5. The molecule has 1 aliphatic carbocycles. The molecule has 2 rings (SSSR count). The summed E-state index contributed by atoms with van der Waals surface area (Å²) in [5.41, 5.74) is 0. The first-order chi connectivity index (χ1) is 5.95. The standard InChI is InChI=1S/C11H10O/c1-2-6-10(7-3-1)12-11-8-4-5-9-11/h1-8H,9H2. The first kappa shape index (κ1) is 7.17.